The number of pyridine rings is 1. The summed E-state index contributed by atoms with van der Waals surface area (Å²) in [5, 5.41) is 4.87. The molecule has 0 aliphatic heterocycles. The van der Waals surface area contributed by atoms with Gasteiger partial charge in [-0.25, -0.2) is 0 Å². The van der Waals surface area contributed by atoms with E-state index in [1.807, 2.05) is 29.9 Å². The lowest BCUT2D eigenvalue weighted by molar-refractivity contribution is 0.317. The first-order valence-corrected chi connectivity index (χ1v) is 6.52. The predicted molar refractivity (Wildman–Crippen MR) is 69.3 cm³/mol. The van der Waals surface area contributed by atoms with Gasteiger partial charge in [0.25, 0.3) is 0 Å². The van der Waals surface area contributed by atoms with E-state index in [1.165, 1.54) is 0 Å². The van der Waals surface area contributed by atoms with E-state index in [2.05, 4.69) is 26.0 Å². The van der Waals surface area contributed by atoms with Crippen molar-refractivity contribution < 1.29 is 4.74 Å². The van der Waals surface area contributed by atoms with Gasteiger partial charge < -0.3 is 4.74 Å². The number of halogens is 1. The highest BCUT2D eigenvalue weighted by Crippen LogP contribution is 2.11. The van der Waals surface area contributed by atoms with Crippen LogP contribution in [-0.2, 0) is 18.8 Å². The Hall–Kier alpha value is -1.36. The van der Waals surface area contributed by atoms with Crippen LogP contribution in [0.5, 0.6) is 5.75 Å². The third kappa shape index (κ3) is 3.30. The van der Waals surface area contributed by atoms with Crippen molar-refractivity contribution in [1.82, 2.24) is 14.8 Å². The largest absolute Gasteiger partial charge is 0.492 e. The van der Waals surface area contributed by atoms with Gasteiger partial charge in [0.2, 0.25) is 0 Å². The average molecular weight is 296 g/mol. The molecule has 17 heavy (non-hydrogen) atoms. The van der Waals surface area contributed by atoms with Gasteiger partial charge in [-0.05, 0) is 18.2 Å². The molecule has 5 heteroatoms. The van der Waals surface area contributed by atoms with Crippen LogP contribution in [0, 0.1) is 0 Å². The molecule has 4 nitrogen and oxygen atoms in total. The Balaban J connectivity index is 1.83. The fourth-order valence-corrected chi connectivity index (χ4v) is 1.83. The Kier molecular flexibility index (Phi) is 4.14. The molecule has 90 valence electrons. The SMILES string of the molecule is Cn1nccc1CCOc1ccc(CBr)nc1. The van der Waals surface area contributed by atoms with Crippen LogP contribution in [0.3, 0.4) is 0 Å². The van der Waals surface area contributed by atoms with Crippen molar-refractivity contribution >= 4 is 15.9 Å². The molecule has 0 atom stereocenters. The smallest absolute Gasteiger partial charge is 0.137 e. The molecule has 2 aromatic heterocycles. The third-order valence-electron chi connectivity index (χ3n) is 2.48. The highest BCUT2D eigenvalue weighted by molar-refractivity contribution is 9.08. The van der Waals surface area contributed by atoms with Crippen LogP contribution in [0.4, 0.5) is 0 Å². The Bertz CT molecular complexity index is 467. The van der Waals surface area contributed by atoms with Crippen LogP contribution < -0.4 is 4.74 Å². The highest BCUT2D eigenvalue weighted by Gasteiger charge is 2.00. The Labute approximate surface area is 109 Å². The summed E-state index contributed by atoms with van der Waals surface area (Å²) in [7, 11) is 1.93. The molecule has 0 bridgehead atoms. The highest BCUT2D eigenvalue weighted by atomic mass is 79.9. The molecule has 0 saturated carbocycles. The molecule has 0 radical (unpaired) electrons. The van der Waals surface area contributed by atoms with Gasteiger partial charge in [-0.1, -0.05) is 15.9 Å². The molecule has 0 fully saturated rings. The van der Waals surface area contributed by atoms with E-state index in [0.717, 1.165) is 28.9 Å². The number of rotatable bonds is 5. The van der Waals surface area contributed by atoms with Gasteiger partial charge in [0.1, 0.15) is 5.75 Å². The zero-order chi connectivity index (χ0) is 12.1. The molecular formula is C12H14BrN3O. The van der Waals surface area contributed by atoms with Gasteiger partial charge in [0.05, 0.1) is 18.5 Å². The number of nitrogens with zero attached hydrogens (tertiary/aromatic N) is 3. The molecule has 0 aromatic carbocycles. The maximum Gasteiger partial charge on any atom is 0.137 e. The summed E-state index contributed by atoms with van der Waals surface area (Å²) in [6.07, 6.45) is 4.39. The predicted octanol–water partition coefficient (Wildman–Crippen LogP) is 2.33. The van der Waals surface area contributed by atoms with E-state index in [-0.39, 0.29) is 0 Å². The summed E-state index contributed by atoms with van der Waals surface area (Å²) in [5.41, 5.74) is 2.17. The monoisotopic (exact) mass is 295 g/mol. The first-order chi connectivity index (χ1) is 8.29. The van der Waals surface area contributed by atoms with Gasteiger partial charge >= 0.3 is 0 Å². The number of hydrogen-bond acceptors (Lipinski definition) is 3. The van der Waals surface area contributed by atoms with Crippen LogP contribution in [0.15, 0.2) is 30.6 Å². The molecule has 2 rings (SSSR count). The topological polar surface area (TPSA) is 39.9 Å². The Morgan fingerprint density at radius 2 is 2.24 bits per heavy atom. The molecule has 2 heterocycles. The number of hydrogen-bond donors (Lipinski definition) is 0. The van der Waals surface area contributed by atoms with E-state index in [0.29, 0.717) is 6.61 Å². The molecule has 0 aliphatic carbocycles. The van der Waals surface area contributed by atoms with E-state index in [4.69, 9.17) is 4.74 Å². The van der Waals surface area contributed by atoms with Crippen molar-refractivity contribution in [3.05, 3.63) is 42.0 Å². The zero-order valence-corrected chi connectivity index (χ0v) is 11.2. The van der Waals surface area contributed by atoms with E-state index < -0.39 is 0 Å². The average Bonchev–Trinajstić information content (AvgIpc) is 2.76. The minimum absolute atomic E-state index is 0.634. The summed E-state index contributed by atoms with van der Waals surface area (Å²) < 4.78 is 7.47. The molecule has 0 saturated heterocycles. The fraction of sp³-hybridized carbons (Fsp3) is 0.333. The number of aryl methyl sites for hydroxylation is 1. The van der Waals surface area contributed by atoms with Crippen LogP contribution >= 0.6 is 15.9 Å². The van der Waals surface area contributed by atoms with Gasteiger partial charge in [-0.15, -0.1) is 0 Å². The van der Waals surface area contributed by atoms with Crippen molar-refractivity contribution in [1.29, 1.82) is 0 Å². The van der Waals surface area contributed by atoms with E-state index >= 15 is 0 Å². The summed E-state index contributed by atoms with van der Waals surface area (Å²) in [6, 6.07) is 5.89. The normalized spacial score (nSPS) is 10.5. The Morgan fingerprint density at radius 1 is 1.35 bits per heavy atom. The quantitative estimate of drug-likeness (QED) is 0.795. The third-order valence-corrected chi connectivity index (χ3v) is 3.06. The molecule has 0 spiro atoms. The van der Waals surface area contributed by atoms with Crippen molar-refractivity contribution in [2.24, 2.45) is 7.05 Å². The fourth-order valence-electron chi connectivity index (χ4n) is 1.50. The van der Waals surface area contributed by atoms with Crippen LogP contribution in [0.2, 0.25) is 0 Å². The van der Waals surface area contributed by atoms with Crippen molar-refractivity contribution in [2.75, 3.05) is 6.61 Å². The summed E-state index contributed by atoms with van der Waals surface area (Å²) in [6.45, 7) is 0.634. The number of aromatic nitrogens is 3. The van der Waals surface area contributed by atoms with Gasteiger partial charge in [0, 0.05) is 30.7 Å². The lowest BCUT2D eigenvalue weighted by atomic mass is 10.3. The van der Waals surface area contributed by atoms with Crippen molar-refractivity contribution in [3.63, 3.8) is 0 Å². The minimum atomic E-state index is 0.634. The van der Waals surface area contributed by atoms with Crippen LogP contribution in [-0.4, -0.2) is 21.4 Å². The van der Waals surface area contributed by atoms with Gasteiger partial charge in [-0.2, -0.15) is 5.10 Å². The summed E-state index contributed by atoms with van der Waals surface area (Å²) in [4.78, 5) is 4.24. The maximum atomic E-state index is 5.61. The lowest BCUT2D eigenvalue weighted by Crippen LogP contribution is -2.06. The summed E-state index contributed by atoms with van der Waals surface area (Å²) in [5.74, 6) is 0.803. The minimum Gasteiger partial charge on any atom is -0.492 e. The molecule has 2 aromatic rings. The zero-order valence-electron chi connectivity index (χ0n) is 9.64. The van der Waals surface area contributed by atoms with Crippen LogP contribution in [0.25, 0.3) is 0 Å². The second-order valence-corrected chi connectivity index (χ2v) is 4.22. The Morgan fingerprint density at radius 3 is 2.82 bits per heavy atom. The molecular weight excluding hydrogens is 282 g/mol. The maximum absolute atomic E-state index is 5.61. The summed E-state index contributed by atoms with van der Waals surface area (Å²) >= 11 is 3.36. The van der Waals surface area contributed by atoms with Crippen LogP contribution in [0.1, 0.15) is 11.4 Å². The van der Waals surface area contributed by atoms with Crippen molar-refractivity contribution in [2.45, 2.75) is 11.8 Å². The molecule has 0 unspecified atom stereocenters. The molecule has 0 N–H and O–H groups in total. The second-order valence-electron chi connectivity index (χ2n) is 3.66. The molecule has 0 aliphatic rings. The van der Waals surface area contributed by atoms with Gasteiger partial charge in [-0.3, -0.25) is 9.67 Å². The molecule has 0 amide bonds. The van der Waals surface area contributed by atoms with Crippen molar-refractivity contribution in [3.8, 4) is 5.75 Å². The lowest BCUT2D eigenvalue weighted by Gasteiger charge is -2.06. The second kappa shape index (κ2) is 5.82. The van der Waals surface area contributed by atoms with E-state index in [9.17, 15) is 0 Å². The number of alkyl halides is 1. The van der Waals surface area contributed by atoms with Gasteiger partial charge in [0.15, 0.2) is 0 Å². The first-order valence-electron chi connectivity index (χ1n) is 5.40. The number of ether oxygens (including phenoxy) is 1. The first kappa shape index (κ1) is 12.1. The van der Waals surface area contributed by atoms with E-state index in [1.54, 1.807) is 12.4 Å². The standard InChI is InChI=1S/C12H14BrN3O/c1-16-11(4-6-15-16)5-7-17-12-3-2-10(8-13)14-9-12/h2-4,6,9H,5,7-8H2,1H3.